The first-order chi connectivity index (χ1) is 12.5. The van der Waals surface area contributed by atoms with Gasteiger partial charge in [-0.1, -0.05) is 6.07 Å². The van der Waals surface area contributed by atoms with E-state index in [2.05, 4.69) is 5.32 Å². The Labute approximate surface area is 155 Å². The summed E-state index contributed by atoms with van der Waals surface area (Å²) in [6.45, 7) is 1.77. The van der Waals surface area contributed by atoms with Crippen molar-refractivity contribution in [1.29, 1.82) is 0 Å². The molecule has 1 aliphatic heterocycles. The van der Waals surface area contributed by atoms with E-state index in [9.17, 15) is 9.59 Å². The number of carbonyl (C=O) groups excluding carboxylic acids is 2. The summed E-state index contributed by atoms with van der Waals surface area (Å²) < 4.78 is 16.1. The van der Waals surface area contributed by atoms with Crippen LogP contribution in [0.1, 0.15) is 11.5 Å². The van der Waals surface area contributed by atoms with E-state index >= 15 is 0 Å². The van der Waals surface area contributed by atoms with Crippen molar-refractivity contribution in [1.82, 2.24) is 5.32 Å². The number of anilines is 1. The first-order valence-electron chi connectivity index (χ1n) is 7.65. The molecule has 1 aliphatic rings. The summed E-state index contributed by atoms with van der Waals surface area (Å²) in [5, 5.41) is 2.45. The summed E-state index contributed by atoms with van der Waals surface area (Å²) in [7, 11) is 2.94. The lowest BCUT2D eigenvalue weighted by atomic mass is 10.1. The number of nitrogens with one attached hydrogen (secondary N) is 1. The number of methoxy groups -OCH3 is 2. The van der Waals surface area contributed by atoms with Gasteiger partial charge in [-0.3, -0.25) is 14.9 Å². The van der Waals surface area contributed by atoms with Crippen molar-refractivity contribution in [2.24, 2.45) is 0 Å². The van der Waals surface area contributed by atoms with E-state index in [0.717, 1.165) is 0 Å². The molecule has 7 nitrogen and oxygen atoms in total. The van der Waals surface area contributed by atoms with E-state index in [-0.39, 0.29) is 10.7 Å². The van der Waals surface area contributed by atoms with Gasteiger partial charge in [-0.2, -0.15) is 0 Å². The van der Waals surface area contributed by atoms with Crippen LogP contribution in [-0.4, -0.2) is 31.1 Å². The molecule has 1 saturated heterocycles. The first kappa shape index (κ1) is 17.7. The van der Waals surface area contributed by atoms with Crippen molar-refractivity contribution in [2.45, 2.75) is 6.92 Å². The molecule has 0 unspecified atom stereocenters. The van der Waals surface area contributed by atoms with Crippen molar-refractivity contribution in [3.8, 4) is 11.5 Å². The Hall–Kier alpha value is -3.13. The van der Waals surface area contributed by atoms with E-state index < -0.39 is 11.8 Å². The predicted octanol–water partition coefficient (Wildman–Crippen LogP) is 2.44. The normalized spacial score (nSPS) is 16.0. The highest BCUT2D eigenvalue weighted by Crippen LogP contribution is 2.39. The maximum absolute atomic E-state index is 13.1. The van der Waals surface area contributed by atoms with Gasteiger partial charge in [0.2, 0.25) is 0 Å². The zero-order chi connectivity index (χ0) is 18.8. The molecule has 0 spiro atoms. The lowest BCUT2D eigenvalue weighted by molar-refractivity contribution is -0.122. The maximum atomic E-state index is 13.1. The second kappa shape index (κ2) is 7.01. The van der Waals surface area contributed by atoms with E-state index in [1.807, 2.05) is 0 Å². The number of rotatable bonds is 4. The molecular weight excluding hydrogens is 356 g/mol. The highest BCUT2D eigenvalue weighted by molar-refractivity contribution is 7.80. The molecule has 0 radical (unpaired) electrons. The molecule has 1 N–H and O–H groups in total. The van der Waals surface area contributed by atoms with Gasteiger partial charge in [-0.15, -0.1) is 0 Å². The third-order valence-corrected chi connectivity index (χ3v) is 4.06. The van der Waals surface area contributed by atoms with Gasteiger partial charge in [-0.05, 0) is 49.5 Å². The van der Waals surface area contributed by atoms with Gasteiger partial charge >= 0.3 is 0 Å². The fourth-order valence-electron chi connectivity index (χ4n) is 2.59. The number of furan rings is 1. The molecule has 1 aromatic heterocycles. The molecule has 0 atom stereocenters. The summed E-state index contributed by atoms with van der Waals surface area (Å²) >= 11 is 5.21. The first-order valence-corrected chi connectivity index (χ1v) is 8.06. The highest BCUT2D eigenvalue weighted by atomic mass is 32.1. The van der Waals surface area contributed by atoms with Crippen LogP contribution in [0.3, 0.4) is 0 Å². The molecule has 0 bridgehead atoms. The SMILES string of the molecule is COc1cccc(OC)c1N1C(=O)C(=Cc2ccc(C)o2)C(=O)NC1=S. The Morgan fingerprint density at radius 2 is 1.77 bits per heavy atom. The Morgan fingerprint density at radius 1 is 1.12 bits per heavy atom. The lowest BCUT2D eigenvalue weighted by Crippen LogP contribution is -2.54. The quantitative estimate of drug-likeness (QED) is 0.504. The zero-order valence-corrected chi connectivity index (χ0v) is 15.2. The number of thiocarbonyl (C=S) groups is 1. The molecule has 8 heteroatoms. The van der Waals surface area contributed by atoms with Crippen LogP contribution >= 0.6 is 12.2 Å². The minimum absolute atomic E-state index is 0.0597. The molecule has 134 valence electrons. The van der Waals surface area contributed by atoms with E-state index in [0.29, 0.717) is 28.7 Å². The van der Waals surface area contributed by atoms with Crippen LogP contribution in [0.2, 0.25) is 0 Å². The number of nitrogens with zero attached hydrogens (tertiary/aromatic N) is 1. The molecule has 0 aliphatic carbocycles. The number of carbonyl (C=O) groups is 2. The Kier molecular flexibility index (Phi) is 4.77. The number of amides is 2. The van der Waals surface area contributed by atoms with E-state index in [1.165, 1.54) is 25.2 Å². The molecule has 0 saturated carbocycles. The third-order valence-electron chi connectivity index (χ3n) is 3.77. The largest absolute Gasteiger partial charge is 0.494 e. The van der Waals surface area contributed by atoms with Gasteiger partial charge in [0, 0.05) is 0 Å². The maximum Gasteiger partial charge on any atom is 0.270 e. The van der Waals surface area contributed by atoms with Crippen molar-refractivity contribution in [2.75, 3.05) is 19.1 Å². The molecule has 2 heterocycles. The fourth-order valence-corrected chi connectivity index (χ4v) is 2.85. The summed E-state index contributed by atoms with van der Waals surface area (Å²) in [4.78, 5) is 26.5. The minimum Gasteiger partial charge on any atom is -0.494 e. The van der Waals surface area contributed by atoms with Gasteiger partial charge in [0.15, 0.2) is 5.11 Å². The number of hydrogen-bond acceptors (Lipinski definition) is 6. The second-order valence-electron chi connectivity index (χ2n) is 5.42. The highest BCUT2D eigenvalue weighted by Gasteiger charge is 2.37. The molecule has 26 heavy (non-hydrogen) atoms. The average molecular weight is 372 g/mol. The van der Waals surface area contributed by atoms with Crippen molar-refractivity contribution >= 4 is 40.9 Å². The van der Waals surface area contributed by atoms with Crippen molar-refractivity contribution in [3.05, 3.63) is 47.4 Å². The molecule has 2 amide bonds. The number of hydrogen-bond donors (Lipinski definition) is 1. The van der Waals surface area contributed by atoms with Gasteiger partial charge < -0.3 is 13.9 Å². The van der Waals surface area contributed by atoms with Crippen LogP contribution in [0, 0.1) is 6.92 Å². The van der Waals surface area contributed by atoms with Crippen molar-refractivity contribution in [3.63, 3.8) is 0 Å². The molecule has 2 aromatic rings. The summed E-state index contributed by atoms with van der Waals surface area (Å²) in [6.07, 6.45) is 1.38. The van der Waals surface area contributed by atoms with Gasteiger partial charge in [0.1, 0.15) is 34.3 Å². The second-order valence-corrected chi connectivity index (χ2v) is 5.80. The monoisotopic (exact) mass is 372 g/mol. The smallest absolute Gasteiger partial charge is 0.270 e. The zero-order valence-electron chi connectivity index (χ0n) is 14.4. The van der Waals surface area contributed by atoms with Gasteiger partial charge in [-0.25, -0.2) is 4.90 Å². The van der Waals surface area contributed by atoms with Crippen LogP contribution in [0.5, 0.6) is 11.5 Å². The number of ether oxygens (including phenoxy) is 2. The Balaban J connectivity index is 2.11. The minimum atomic E-state index is -0.601. The topological polar surface area (TPSA) is 81.0 Å². The van der Waals surface area contributed by atoms with Crippen LogP contribution in [0.4, 0.5) is 5.69 Å². The average Bonchev–Trinajstić information content (AvgIpc) is 3.03. The summed E-state index contributed by atoms with van der Waals surface area (Å²) in [5.41, 5.74) is 0.204. The van der Waals surface area contributed by atoms with E-state index in [4.69, 9.17) is 26.1 Å². The summed E-state index contributed by atoms with van der Waals surface area (Å²) in [5.74, 6) is 0.614. The van der Waals surface area contributed by atoms with Crippen molar-refractivity contribution < 1.29 is 23.5 Å². The Morgan fingerprint density at radius 3 is 2.31 bits per heavy atom. The third kappa shape index (κ3) is 3.06. The molecule has 3 rings (SSSR count). The molecule has 1 fully saturated rings. The van der Waals surface area contributed by atoms with Crippen LogP contribution in [0.15, 0.2) is 40.3 Å². The Bertz CT molecular complexity index is 909. The van der Waals surface area contributed by atoms with Crippen LogP contribution in [0.25, 0.3) is 6.08 Å². The lowest BCUT2D eigenvalue weighted by Gasteiger charge is -2.30. The molecule has 1 aromatic carbocycles. The molecular formula is C18H16N2O5S. The predicted molar refractivity (Wildman–Crippen MR) is 99.2 cm³/mol. The number of benzene rings is 1. The fraction of sp³-hybridized carbons (Fsp3) is 0.167. The number of aryl methyl sites for hydroxylation is 1. The van der Waals surface area contributed by atoms with Crippen LogP contribution in [-0.2, 0) is 9.59 Å². The van der Waals surface area contributed by atoms with Gasteiger partial charge in [0.25, 0.3) is 11.8 Å². The number of para-hydroxylation sites is 1. The standard InChI is InChI=1S/C18H16N2O5S/c1-10-7-8-11(25-10)9-12-16(21)19-18(26)20(17(12)22)15-13(23-2)5-4-6-14(15)24-3/h4-9H,1-3H3,(H,19,21,26). The van der Waals surface area contributed by atoms with E-state index in [1.54, 1.807) is 37.3 Å². The van der Waals surface area contributed by atoms with Gasteiger partial charge in [0.05, 0.1) is 14.2 Å². The summed E-state index contributed by atoms with van der Waals surface area (Å²) in [6, 6.07) is 8.47. The van der Waals surface area contributed by atoms with Crippen LogP contribution < -0.4 is 19.7 Å².